The molecule has 2 heterocycles. The first-order chi connectivity index (χ1) is 8.72. The minimum absolute atomic E-state index is 0.384. The molecule has 0 fully saturated rings. The van der Waals surface area contributed by atoms with Crippen LogP contribution in [0.5, 0.6) is 0 Å². The normalized spacial score (nSPS) is 18.7. The molecule has 3 nitrogen and oxygen atoms in total. The highest BCUT2D eigenvalue weighted by Gasteiger charge is 2.20. The molecule has 1 atom stereocenters. The first-order valence-corrected chi connectivity index (χ1v) is 6.52. The van der Waals surface area contributed by atoms with E-state index in [-0.39, 0.29) is 6.10 Å². The van der Waals surface area contributed by atoms with Crippen LogP contribution in [0.1, 0.15) is 41.6 Å². The summed E-state index contributed by atoms with van der Waals surface area (Å²) < 4.78 is 2.10. The minimum Gasteiger partial charge on any atom is -0.385 e. The molecule has 0 saturated carbocycles. The van der Waals surface area contributed by atoms with Crippen LogP contribution < -0.4 is 0 Å². The van der Waals surface area contributed by atoms with Gasteiger partial charge in [-0.05, 0) is 25.3 Å². The maximum absolute atomic E-state index is 9.90. The highest BCUT2D eigenvalue weighted by Crippen LogP contribution is 2.24. The van der Waals surface area contributed by atoms with E-state index in [9.17, 15) is 5.11 Å². The molecule has 1 aliphatic heterocycles. The standard InChI is InChI=1S/C15H18N2O/c1-11-4-2-5-12(8-11)9-13-10-17-7-3-6-14(18)15(17)16-13/h2,4-5,8,10,14,18H,3,6-7,9H2,1H3. The Morgan fingerprint density at radius 3 is 3.11 bits per heavy atom. The van der Waals surface area contributed by atoms with Crippen LogP contribution in [0.3, 0.4) is 0 Å². The lowest BCUT2D eigenvalue weighted by molar-refractivity contribution is 0.133. The van der Waals surface area contributed by atoms with Gasteiger partial charge in [-0.15, -0.1) is 0 Å². The predicted molar refractivity (Wildman–Crippen MR) is 70.4 cm³/mol. The number of nitrogens with zero attached hydrogens (tertiary/aromatic N) is 2. The number of imidazole rings is 1. The van der Waals surface area contributed by atoms with Crippen LogP contribution in [0.15, 0.2) is 30.5 Å². The second-order valence-corrected chi connectivity index (χ2v) is 5.11. The molecule has 1 N–H and O–H groups in total. The van der Waals surface area contributed by atoms with E-state index in [1.165, 1.54) is 11.1 Å². The molecular weight excluding hydrogens is 224 g/mol. The average Bonchev–Trinajstić information content (AvgIpc) is 2.73. The molecule has 0 saturated heterocycles. The van der Waals surface area contributed by atoms with E-state index in [1.807, 2.05) is 0 Å². The van der Waals surface area contributed by atoms with E-state index in [0.29, 0.717) is 0 Å². The second kappa shape index (κ2) is 4.58. The van der Waals surface area contributed by atoms with Crippen molar-refractivity contribution in [2.75, 3.05) is 0 Å². The van der Waals surface area contributed by atoms with Crippen molar-refractivity contribution in [3.8, 4) is 0 Å². The van der Waals surface area contributed by atoms with Gasteiger partial charge in [0.1, 0.15) is 11.9 Å². The fourth-order valence-electron chi connectivity index (χ4n) is 2.63. The summed E-state index contributed by atoms with van der Waals surface area (Å²) in [6, 6.07) is 8.50. The van der Waals surface area contributed by atoms with Crippen molar-refractivity contribution < 1.29 is 5.11 Å². The van der Waals surface area contributed by atoms with Crippen LogP contribution in [-0.2, 0) is 13.0 Å². The smallest absolute Gasteiger partial charge is 0.137 e. The monoisotopic (exact) mass is 242 g/mol. The number of benzene rings is 1. The molecule has 3 rings (SSSR count). The number of hydrogen-bond acceptors (Lipinski definition) is 2. The maximum Gasteiger partial charge on any atom is 0.137 e. The third kappa shape index (κ3) is 2.18. The summed E-state index contributed by atoms with van der Waals surface area (Å²) in [5.74, 6) is 0.837. The SMILES string of the molecule is Cc1cccc(Cc2cn3c(n2)C(O)CCC3)c1. The molecule has 0 aliphatic carbocycles. The molecular formula is C15H18N2O. The summed E-state index contributed by atoms with van der Waals surface area (Å²) in [7, 11) is 0. The molecule has 1 aromatic heterocycles. The van der Waals surface area contributed by atoms with Crippen molar-refractivity contribution in [1.29, 1.82) is 0 Å². The first kappa shape index (κ1) is 11.5. The Bertz CT molecular complexity index is 559. The van der Waals surface area contributed by atoms with E-state index >= 15 is 0 Å². The highest BCUT2D eigenvalue weighted by atomic mass is 16.3. The largest absolute Gasteiger partial charge is 0.385 e. The van der Waals surface area contributed by atoms with Gasteiger partial charge in [0.25, 0.3) is 0 Å². The number of hydrogen-bond donors (Lipinski definition) is 1. The first-order valence-electron chi connectivity index (χ1n) is 6.52. The summed E-state index contributed by atoms with van der Waals surface area (Å²) in [5, 5.41) is 9.90. The molecule has 94 valence electrons. The van der Waals surface area contributed by atoms with E-state index in [0.717, 1.165) is 37.3 Å². The quantitative estimate of drug-likeness (QED) is 0.879. The zero-order valence-electron chi connectivity index (χ0n) is 10.6. The van der Waals surface area contributed by atoms with Gasteiger partial charge in [0.05, 0.1) is 5.69 Å². The summed E-state index contributed by atoms with van der Waals surface area (Å²) in [4.78, 5) is 4.57. The molecule has 3 heteroatoms. The summed E-state index contributed by atoms with van der Waals surface area (Å²) >= 11 is 0. The molecule has 0 spiro atoms. The summed E-state index contributed by atoms with van der Waals surface area (Å²) in [6.45, 7) is 3.08. The van der Waals surface area contributed by atoms with Gasteiger partial charge in [-0.25, -0.2) is 4.98 Å². The van der Waals surface area contributed by atoms with Crippen LogP contribution in [0, 0.1) is 6.92 Å². The topological polar surface area (TPSA) is 38.0 Å². The lowest BCUT2D eigenvalue weighted by atomic mass is 10.1. The van der Waals surface area contributed by atoms with Crippen molar-refractivity contribution >= 4 is 0 Å². The number of rotatable bonds is 2. The Balaban J connectivity index is 1.85. The number of aryl methyl sites for hydroxylation is 2. The van der Waals surface area contributed by atoms with Gasteiger partial charge < -0.3 is 9.67 Å². The minimum atomic E-state index is -0.384. The van der Waals surface area contributed by atoms with Crippen molar-refractivity contribution in [2.24, 2.45) is 0 Å². The Labute approximate surface area is 107 Å². The van der Waals surface area contributed by atoms with E-state index < -0.39 is 0 Å². The van der Waals surface area contributed by atoms with Crippen LogP contribution in [0.4, 0.5) is 0 Å². The van der Waals surface area contributed by atoms with Crippen molar-refractivity contribution in [3.05, 3.63) is 53.1 Å². The molecule has 2 aromatic rings. The lowest BCUT2D eigenvalue weighted by Crippen LogP contribution is -2.14. The summed E-state index contributed by atoms with van der Waals surface area (Å²) in [5.41, 5.74) is 3.60. The molecule has 0 amide bonds. The van der Waals surface area contributed by atoms with Crippen molar-refractivity contribution in [2.45, 2.75) is 38.8 Å². The van der Waals surface area contributed by atoms with Gasteiger partial charge >= 0.3 is 0 Å². The number of aliphatic hydroxyl groups is 1. The van der Waals surface area contributed by atoms with Crippen molar-refractivity contribution in [1.82, 2.24) is 9.55 Å². The van der Waals surface area contributed by atoms with E-state index in [2.05, 4.69) is 46.9 Å². The van der Waals surface area contributed by atoms with Gasteiger partial charge in [-0.3, -0.25) is 0 Å². The molecule has 0 bridgehead atoms. The van der Waals surface area contributed by atoms with Gasteiger partial charge in [0.2, 0.25) is 0 Å². The number of fused-ring (bicyclic) bond motifs is 1. The van der Waals surface area contributed by atoms with Crippen LogP contribution in [0.25, 0.3) is 0 Å². The maximum atomic E-state index is 9.90. The lowest BCUT2D eigenvalue weighted by Gasteiger charge is -2.18. The Hall–Kier alpha value is -1.61. The van der Waals surface area contributed by atoms with Gasteiger partial charge in [0.15, 0.2) is 0 Å². The Morgan fingerprint density at radius 2 is 2.33 bits per heavy atom. The third-order valence-electron chi connectivity index (χ3n) is 3.50. The fraction of sp³-hybridized carbons (Fsp3) is 0.400. The van der Waals surface area contributed by atoms with E-state index in [4.69, 9.17) is 0 Å². The zero-order valence-corrected chi connectivity index (χ0v) is 10.6. The van der Waals surface area contributed by atoms with E-state index in [1.54, 1.807) is 0 Å². The molecule has 0 radical (unpaired) electrons. The summed E-state index contributed by atoms with van der Waals surface area (Å²) in [6.07, 6.45) is 4.41. The van der Waals surface area contributed by atoms with Crippen LogP contribution in [-0.4, -0.2) is 14.7 Å². The van der Waals surface area contributed by atoms with Crippen LogP contribution >= 0.6 is 0 Å². The molecule has 1 aromatic carbocycles. The number of aliphatic hydroxyl groups excluding tert-OH is 1. The average molecular weight is 242 g/mol. The van der Waals surface area contributed by atoms with Crippen molar-refractivity contribution in [3.63, 3.8) is 0 Å². The highest BCUT2D eigenvalue weighted by molar-refractivity contribution is 5.26. The Kier molecular flexibility index (Phi) is 2.92. The Morgan fingerprint density at radius 1 is 1.44 bits per heavy atom. The van der Waals surface area contributed by atoms with Gasteiger partial charge in [0, 0.05) is 19.2 Å². The molecule has 1 aliphatic rings. The zero-order chi connectivity index (χ0) is 12.5. The second-order valence-electron chi connectivity index (χ2n) is 5.11. The number of aromatic nitrogens is 2. The molecule has 1 unspecified atom stereocenters. The van der Waals surface area contributed by atoms with Crippen LogP contribution in [0.2, 0.25) is 0 Å². The fourth-order valence-corrected chi connectivity index (χ4v) is 2.63. The third-order valence-corrected chi connectivity index (χ3v) is 3.50. The van der Waals surface area contributed by atoms with Gasteiger partial charge in [-0.2, -0.15) is 0 Å². The predicted octanol–water partition coefficient (Wildman–Crippen LogP) is 2.61. The van der Waals surface area contributed by atoms with Gasteiger partial charge in [-0.1, -0.05) is 29.8 Å². The molecule has 18 heavy (non-hydrogen) atoms.